The average Bonchev–Trinajstić information content (AvgIpc) is 2.53. The van der Waals surface area contributed by atoms with Crippen molar-refractivity contribution < 1.29 is 5.11 Å². The summed E-state index contributed by atoms with van der Waals surface area (Å²) in [6.45, 7) is 2.75. The highest BCUT2D eigenvalue weighted by atomic mass is 16.3. The molecular weight excluding hydrogens is 264 g/mol. The van der Waals surface area contributed by atoms with Crippen LogP contribution in [0.2, 0.25) is 0 Å². The van der Waals surface area contributed by atoms with Crippen LogP contribution in [0, 0.1) is 0 Å². The Morgan fingerprint density at radius 1 is 1.29 bits per heavy atom. The maximum atomic E-state index is 10.2. The Morgan fingerprint density at radius 2 is 2.00 bits per heavy atom. The van der Waals surface area contributed by atoms with Crippen LogP contribution in [0.5, 0.6) is 0 Å². The molecule has 1 unspecified atom stereocenters. The van der Waals surface area contributed by atoms with E-state index in [0.717, 1.165) is 23.4 Å². The highest BCUT2D eigenvalue weighted by molar-refractivity contribution is 5.48. The number of hydrogen-bond donors (Lipinski definition) is 2. The second-order valence-corrected chi connectivity index (χ2v) is 5.07. The smallest absolute Gasteiger partial charge is 0.221 e. The molecule has 3 N–H and O–H groups in total. The van der Waals surface area contributed by atoms with Crippen molar-refractivity contribution in [2.45, 2.75) is 25.9 Å². The normalized spacial score (nSPS) is 12.1. The van der Waals surface area contributed by atoms with Crippen LogP contribution in [0.15, 0.2) is 36.5 Å². The van der Waals surface area contributed by atoms with Crippen LogP contribution in [-0.2, 0) is 6.42 Å². The number of benzene rings is 1. The van der Waals surface area contributed by atoms with Gasteiger partial charge in [0.2, 0.25) is 5.95 Å². The van der Waals surface area contributed by atoms with E-state index in [1.807, 2.05) is 42.3 Å². The minimum Gasteiger partial charge on any atom is -0.388 e. The SMILES string of the molecule is CCc1cnc(N)nc1N(C)CCC(O)c1ccccc1. The summed E-state index contributed by atoms with van der Waals surface area (Å²) in [5.74, 6) is 1.11. The fraction of sp³-hybridized carbons (Fsp3) is 0.375. The molecule has 0 amide bonds. The molecule has 5 heteroatoms. The largest absolute Gasteiger partial charge is 0.388 e. The lowest BCUT2D eigenvalue weighted by Crippen LogP contribution is -2.23. The van der Waals surface area contributed by atoms with Crippen molar-refractivity contribution in [2.24, 2.45) is 0 Å². The lowest BCUT2D eigenvalue weighted by molar-refractivity contribution is 0.169. The second-order valence-electron chi connectivity index (χ2n) is 5.07. The minimum absolute atomic E-state index is 0.276. The number of anilines is 2. The van der Waals surface area contributed by atoms with Gasteiger partial charge in [-0.05, 0) is 18.4 Å². The van der Waals surface area contributed by atoms with Gasteiger partial charge in [0, 0.05) is 25.4 Å². The van der Waals surface area contributed by atoms with E-state index in [1.54, 1.807) is 6.20 Å². The maximum Gasteiger partial charge on any atom is 0.221 e. The standard InChI is InChI=1S/C16H22N4O/c1-3-12-11-18-16(17)19-15(12)20(2)10-9-14(21)13-7-5-4-6-8-13/h4-8,11,14,21H,3,9-10H2,1-2H3,(H2,17,18,19). The van der Waals surface area contributed by atoms with Crippen molar-refractivity contribution in [3.05, 3.63) is 47.7 Å². The Labute approximate surface area is 125 Å². The predicted octanol–water partition coefficient (Wildman–Crippen LogP) is 2.18. The van der Waals surface area contributed by atoms with Crippen molar-refractivity contribution in [1.29, 1.82) is 0 Å². The first-order chi connectivity index (χ1) is 10.1. The van der Waals surface area contributed by atoms with Crippen LogP contribution in [0.3, 0.4) is 0 Å². The van der Waals surface area contributed by atoms with Crippen LogP contribution in [0.4, 0.5) is 11.8 Å². The van der Waals surface area contributed by atoms with Gasteiger partial charge in [-0.3, -0.25) is 0 Å². The third-order valence-electron chi connectivity index (χ3n) is 3.53. The monoisotopic (exact) mass is 286 g/mol. The third-order valence-corrected chi connectivity index (χ3v) is 3.53. The lowest BCUT2D eigenvalue weighted by atomic mass is 10.1. The Bertz CT molecular complexity index is 574. The molecule has 0 aliphatic heterocycles. The summed E-state index contributed by atoms with van der Waals surface area (Å²) in [4.78, 5) is 10.3. The van der Waals surface area contributed by atoms with E-state index in [1.165, 1.54) is 0 Å². The molecule has 112 valence electrons. The molecular formula is C16H22N4O. The number of aliphatic hydroxyl groups excluding tert-OH is 1. The number of rotatable bonds is 6. The summed E-state index contributed by atoms with van der Waals surface area (Å²) in [6.07, 6.45) is 2.77. The van der Waals surface area contributed by atoms with Gasteiger partial charge < -0.3 is 15.7 Å². The van der Waals surface area contributed by atoms with Gasteiger partial charge in [-0.1, -0.05) is 37.3 Å². The molecule has 0 saturated heterocycles. The fourth-order valence-electron chi connectivity index (χ4n) is 2.25. The van der Waals surface area contributed by atoms with Gasteiger partial charge in [-0.15, -0.1) is 0 Å². The van der Waals surface area contributed by atoms with Crippen molar-refractivity contribution in [2.75, 3.05) is 24.2 Å². The molecule has 2 rings (SSSR count). The molecule has 0 bridgehead atoms. The van der Waals surface area contributed by atoms with Crippen LogP contribution < -0.4 is 10.6 Å². The van der Waals surface area contributed by atoms with Crippen molar-refractivity contribution in [1.82, 2.24) is 9.97 Å². The second kappa shape index (κ2) is 7.04. The van der Waals surface area contributed by atoms with E-state index < -0.39 is 6.10 Å². The first-order valence-corrected chi connectivity index (χ1v) is 7.17. The molecule has 21 heavy (non-hydrogen) atoms. The summed E-state index contributed by atoms with van der Waals surface area (Å²) in [7, 11) is 1.96. The number of nitrogens with two attached hydrogens (primary N) is 1. The van der Waals surface area contributed by atoms with Crippen LogP contribution in [-0.4, -0.2) is 28.7 Å². The first kappa shape index (κ1) is 15.3. The quantitative estimate of drug-likeness (QED) is 0.851. The number of nitrogens with zero attached hydrogens (tertiary/aromatic N) is 3. The highest BCUT2D eigenvalue weighted by Crippen LogP contribution is 2.21. The molecule has 2 aromatic rings. The average molecular weight is 286 g/mol. The summed E-state index contributed by atoms with van der Waals surface area (Å²) in [6, 6.07) is 9.68. The van der Waals surface area contributed by atoms with Crippen LogP contribution in [0.1, 0.15) is 30.6 Å². The van der Waals surface area contributed by atoms with Gasteiger partial charge in [-0.2, -0.15) is 4.98 Å². The molecule has 0 saturated carbocycles. The predicted molar refractivity (Wildman–Crippen MR) is 85.1 cm³/mol. The van der Waals surface area contributed by atoms with Gasteiger partial charge in [-0.25, -0.2) is 4.98 Å². The zero-order valence-corrected chi connectivity index (χ0v) is 12.5. The number of aryl methyl sites for hydroxylation is 1. The van der Waals surface area contributed by atoms with E-state index in [0.29, 0.717) is 13.0 Å². The van der Waals surface area contributed by atoms with Crippen molar-refractivity contribution in [3.8, 4) is 0 Å². The number of nitrogen functional groups attached to an aromatic ring is 1. The van der Waals surface area contributed by atoms with Crippen molar-refractivity contribution in [3.63, 3.8) is 0 Å². The van der Waals surface area contributed by atoms with Gasteiger partial charge in [0.05, 0.1) is 6.10 Å². The third kappa shape index (κ3) is 3.92. The van der Waals surface area contributed by atoms with E-state index in [4.69, 9.17) is 5.73 Å². The van der Waals surface area contributed by atoms with Gasteiger partial charge in [0.1, 0.15) is 5.82 Å². The van der Waals surface area contributed by atoms with Gasteiger partial charge in [0.25, 0.3) is 0 Å². The molecule has 1 heterocycles. The Hall–Kier alpha value is -2.14. The Balaban J connectivity index is 2.02. The Morgan fingerprint density at radius 3 is 2.67 bits per heavy atom. The first-order valence-electron chi connectivity index (χ1n) is 7.17. The molecule has 0 aliphatic carbocycles. The minimum atomic E-state index is -0.474. The zero-order chi connectivity index (χ0) is 15.2. The number of hydrogen-bond acceptors (Lipinski definition) is 5. The van der Waals surface area contributed by atoms with E-state index in [-0.39, 0.29) is 5.95 Å². The van der Waals surface area contributed by atoms with Gasteiger partial charge >= 0.3 is 0 Å². The van der Waals surface area contributed by atoms with E-state index >= 15 is 0 Å². The molecule has 0 spiro atoms. The Kier molecular flexibility index (Phi) is 5.11. The molecule has 0 radical (unpaired) electrons. The summed E-state index contributed by atoms with van der Waals surface area (Å²) < 4.78 is 0. The summed E-state index contributed by atoms with van der Waals surface area (Å²) in [5, 5.41) is 10.2. The zero-order valence-electron chi connectivity index (χ0n) is 12.5. The lowest BCUT2D eigenvalue weighted by Gasteiger charge is -2.22. The number of aromatic nitrogens is 2. The molecule has 1 aromatic carbocycles. The maximum absolute atomic E-state index is 10.2. The number of aliphatic hydroxyl groups is 1. The molecule has 1 aromatic heterocycles. The summed E-state index contributed by atoms with van der Waals surface area (Å²) in [5.41, 5.74) is 7.66. The highest BCUT2D eigenvalue weighted by Gasteiger charge is 2.12. The van der Waals surface area contributed by atoms with Crippen LogP contribution >= 0.6 is 0 Å². The van der Waals surface area contributed by atoms with Gasteiger partial charge in [0.15, 0.2) is 0 Å². The van der Waals surface area contributed by atoms with E-state index in [2.05, 4.69) is 16.9 Å². The molecule has 5 nitrogen and oxygen atoms in total. The van der Waals surface area contributed by atoms with Crippen LogP contribution in [0.25, 0.3) is 0 Å². The molecule has 1 atom stereocenters. The molecule has 0 fully saturated rings. The van der Waals surface area contributed by atoms with Crippen molar-refractivity contribution >= 4 is 11.8 Å². The molecule has 0 aliphatic rings. The summed E-state index contributed by atoms with van der Waals surface area (Å²) >= 11 is 0. The van der Waals surface area contributed by atoms with E-state index in [9.17, 15) is 5.11 Å². The fourth-order valence-corrected chi connectivity index (χ4v) is 2.25. The topological polar surface area (TPSA) is 75.3 Å².